The summed E-state index contributed by atoms with van der Waals surface area (Å²) in [4.78, 5) is 44.1. The molecule has 3 aromatic rings. The number of imide groups is 1. The van der Waals surface area contributed by atoms with E-state index in [2.05, 4.69) is 38.1 Å². The lowest BCUT2D eigenvalue weighted by Crippen LogP contribution is -2.58. The highest BCUT2D eigenvalue weighted by Gasteiger charge is 2.50. The Morgan fingerprint density at radius 2 is 1.73 bits per heavy atom. The van der Waals surface area contributed by atoms with Gasteiger partial charge >= 0.3 is 0 Å². The largest absolute Gasteiger partial charge is 0.490 e. The maximum Gasteiger partial charge on any atom is 0.272 e. The molecular formula is C47H49ClN8O7. The van der Waals surface area contributed by atoms with Gasteiger partial charge in [0.25, 0.3) is 17.7 Å². The minimum atomic E-state index is -1.21. The minimum absolute atomic E-state index is 0.00467. The summed E-state index contributed by atoms with van der Waals surface area (Å²) < 4.78 is 12.8. The number of nitriles is 1. The molecule has 2 saturated heterocycles. The molecule has 5 aliphatic heterocycles. The van der Waals surface area contributed by atoms with Gasteiger partial charge in [0, 0.05) is 50.7 Å². The second kappa shape index (κ2) is 16.4. The molecule has 0 radical (unpaired) electrons. The van der Waals surface area contributed by atoms with Crippen molar-refractivity contribution in [3.8, 4) is 17.6 Å². The normalized spacial score (nSPS) is 26.9. The molecular weight excluding hydrogens is 824 g/mol. The van der Waals surface area contributed by atoms with Crippen LogP contribution in [0.15, 0.2) is 78.3 Å². The number of carbonyl (C=O) groups excluding carboxylic acids is 3. The van der Waals surface area contributed by atoms with Crippen LogP contribution in [0, 0.1) is 11.3 Å². The number of rotatable bonds is 8. The highest BCUT2D eigenvalue weighted by molar-refractivity contribution is 6.31. The number of likely N-dealkylation sites (tertiary alicyclic amines) is 1. The van der Waals surface area contributed by atoms with Gasteiger partial charge < -0.3 is 35.2 Å². The molecule has 3 unspecified atom stereocenters. The number of allylic oxidation sites excluding steroid dienone is 4. The van der Waals surface area contributed by atoms with Crippen molar-refractivity contribution in [1.29, 1.82) is 5.26 Å². The number of piperidine rings is 2. The van der Waals surface area contributed by atoms with Crippen molar-refractivity contribution in [2.24, 2.45) is 0 Å². The summed E-state index contributed by atoms with van der Waals surface area (Å²) in [7, 11) is 0. The van der Waals surface area contributed by atoms with Gasteiger partial charge in [-0.15, -0.1) is 5.10 Å². The van der Waals surface area contributed by atoms with Crippen molar-refractivity contribution in [1.82, 2.24) is 35.9 Å². The van der Waals surface area contributed by atoms with Gasteiger partial charge in [0.05, 0.1) is 56.4 Å². The third-order valence-corrected chi connectivity index (χ3v) is 14.5. The summed E-state index contributed by atoms with van der Waals surface area (Å²) in [5, 5.41) is 48.5. The van der Waals surface area contributed by atoms with Gasteiger partial charge in [0.1, 0.15) is 35.6 Å². The predicted octanol–water partition coefficient (Wildman–Crippen LogP) is 4.88. The molecule has 2 saturated carbocycles. The van der Waals surface area contributed by atoms with Gasteiger partial charge in [-0.05, 0) is 105 Å². The maximum absolute atomic E-state index is 13.6. The standard InChI is InChI=1S/C47H49ClN8O7/c48-34-23-31(8-5-27(34)26-49)62-30-9-6-29(7-10-30)51-42(58)35-11-13-39(54-53-35)47(15-3-16-47)41-36(4-1-2-19-50-41)55-20-17-46(18-21-55)25-28-22-32-33(24-38(28)63-46)45(61)56(44(32)60)37-12-14-40(57)52-43(37)59/h1-2,4-5,8,11,13,19,22-24,29-30,37,40,43,50,52,57,59H,3,6-7,9-10,12,14-18,20-21,25H2,(H,51,58)/t29-,30-,37?,40?,43?. The molecule has 326 valence electrons. The second-order valence-corrected chi connectivity index (χ2v) is 18.3. The van der Waals surface area contributed by atoms with Gasteiger partial charge in [0.2, 0.25) is 0 Å². The zero-order valence-electron chi connectivity index (χ0n) is 34.7. The van der Waals surface area contributed by atoms with Crippen LogP contribution in [0.25, 0.3) is 0 Å². The van der Waals surface area contributed by atoms with Gasteiger partial charge in [-0.25, -0.2) is 0 Å². The predicted molar refractivity (Wildman–Crippen MR) is 229 cm³/mol. The van der Waals surface area contributed by atoms with Crippen LogP contribution in [-0.2, 0) is 11.8 Å². The van der Waals surface area contributed by atoms with Crippen LogP contribution >= 0.6 is 11.6 Å². The Hall–Kier alpha value is -5.79. The fourth-order valence-electron chi connectivity index (χ4n) is 10.5. The third kappa shape index (κ3) is 7.52. The summed E-state index contributed by atoms with van der Waals surface area (Å²) in [5.41, 5.74) is 4.28. The molecule has 63 heavy (non-hydrogen) atoms. The summed E-state index contributed by atoms with van der Waals surface area (Å²) in [6.07, 6.45) is 14.6. The smallest absolute Gasteiger partial charge is 0.272 e. The number of benzene rings is 2. The fraction of sp³-hybridized carbons (Fsp3) is 0.447. The van der Waals surface area contributed by atoms with E-state index in [1.54, 1.807) is 36.4 Å². The molecule has 1 spiro atoms. The van der Waals surface area contributed by atoms with Crippen molar-refractivity contribution in [2.75, 3.05) is 13.1 Å². The summed E-state index contributed by atoms with van der Waals surface area (Å²) in [5.74, 6) is 0.113. The molecule has 10 rings (SSSR count). The Labute approximate surface area is 369 Å². The van der Waals surface area contributed by atoms with Crippen molar-refractivity contribution in [3.63, 3.8) is 0 Å². The van der Waals surface area contributed by atoms with E-state index in [1.165, 1.54) is 0 Å². The number of hydrogen-bond donors (Lipinski definition) is 5. The molecule has 7 aliphatic rings. The van der Waals surface area contributed by atoms with E-state index in [4.69, 9.17) is 31.4 Å². The van der Waals surface area contributed by atoms with Crippen molar-refractivity contribution >= 4 is 29.3 Å². The lowest BCUT2D eigenvalue weighted by Gasteiger charge is -2.46. The van der Waals surface area contributed by atoms with E-state index in [-0.39, 0.29) is 29.3 Å². The Bertz CT molecular complexity index is 2430. The summed E-state index contributed by atoms with van der Waals surface area (Å²) in [6.45, 7) is 1.45. The number of amides is 3. The van der Waals surface area contributed by atoms with Gasteiger partial charge in [-0.2, -0.15) is 10.4 Å². The average Bonchev–Trinajstić information content (AvgIpc) is 3.59. The van der Waals surface area contributed by atoms with Crippen molar-refractivity contribution in [3.05, 3.63) is 117 Å². The van der Waals surface area contributed by atoms with Crippen LogP contribution in [0.3, 0.4) is 0 Å². The average molecular weight is 873 g/mol. The first-order valence-corrected chi connectivity index (χ1v) is 22.4. The summed E-state index contributed by atoms with van der Waals surface area (Å²) in [6, 6.07) is 13.6. The molecule has 16 heteroatoms. The molecule has 5 N–H and O–H groups in total. The Morgan fingerprint density at radius 1 is 0.952 bits per heavy atom. The molecule has 3 amide bonds. The monoisotopic (exact) mass is 872 g/mol. The van der Waals surface area contributed by atoms with E-state index in [1.807, 2.05) is 24.4 Å². The molecule has 4 fully saturated rings. The second-order valence-electron chi connectivity index (χ2n) is 17.9. The zero-order chi connectivity index (χ0) is 43.5. The first-order chi connectivity index (χ1) is 30.5. The molecule has 0 bridgehead atoms. The highest BCUT2D eigenvalue weighted by atomic mass is 35.5. The van der Waals surface area contributed by atoms with Crippen LogP contribution in [0.5, 0.6) is 11.5 Å². The fourth-order valence-corrected chi connectivity index (χ4v) is 10.7. The summed E-state index contributed by atoms with van der Waals surface area (Å²) >= 11 is 6.19. The topological polar surface area (TPSA) is 202 Å². The first kappa shape index (κ1) is 41.2. The van der Waals surface area contributed by atoms with E-state index in [0.29, 0.717) is 46.9 Å². The van der Waals surface area contributed by atoms with Gasteiger partial charge in [-0.1, -0.05) is 24.1 Å². The lowest BCUT2D eigenvalue weighted by molar-refractivity contribution is -0.0413. The molecule has 2 aliphatic carbocycles. The van der Waals surface area contributed by atoms with Gasteiger partial charge in [0.15, 0.2) is 5.69 Å². The minimum Gasteiger partial charge on any atom is -0.490 e. The number of nitrogens with zero attached hydrogens (tertiary/aromatic N) is 5. The SMILES string of the molecule is N#Cc1ccc(O[C@H]2CC[C@H](NC(=O)c3ccc(C4(C5=C(N6CCC7(CC6)Cc6cc8c(cc6O7)C(=O)N(C6CCC(O)NC6O)C8=O)C=CC=CN5)CCC4)nn3)CC2)cc1Cl. The number of nitrogens with one attached hydrogen (secondary N) is 3. The Morgan fingerprint density at radius 3 is 2.41 bits per heavy atom. The van der Waals surface area contributed by atoms with E-state index in [9.17, 15) is 24.6 Å². The van der Waals surface area contributed by atoms with Crippen LogP contribution < -0.4 is 25.4 Å². The number of hydrogen-bond acceptors (Lipinski definition) is 13. The van der Waals surface area contributed by atoms with Crippen LogP contribution in [0.1, 0.15) is 119 Å². The number of aliphatic hydroxyl groups is 2. The molecule has 3 atom stereocenters. The highest BCUT2D eigenvalue weighted by Crippen LogP contribution is 2.50. The van der Waals surface area contributed by atoms with Crippen molar-refractivity contribution in [2.45, 2.75) is 119 Å². The Kier molecular flexibility index (Phi) is 10.7. The van der Waals surface area contributed by atoms with E-state index < -0.39 is 41.3 Å². The molecule has 6 heterocycles. The number of aliphatic hydroxyl groups excluding tert-OH is 2. The first-order valence-electron chi connectivity index (χ1n) is 22.0. The van der Waals surface area contributed by atoms with Crippen LogP contribution in [0.4, 0.5) is 0 Å². The number of ether oxygens (including phenoxy) is 2. The number of fused-ring (bicyclic) bond motifs is 2. The molecule has 15 nitrogen and oxygen atoms in total. The zero-order valence-corrected chi connectivity index (χ0v) is 35.4. The van der Waals surface area contributed by atoms with E-state index in [0.717, 1.165) is 98.4 Å². The van der Waals surface area contributed by atoms with Gasteiger partial charge in [-0.3, -0.25) is 24.6 Å². The van der Waals surface area contributed by atoms with Crippen LogP contribution in [-0.4, -0.2) is 97.3 Å². The number of halogens is 1. The molecule has 2 aromatic carbocycles. The molecule has 1 aromatic heterocycles. The lowest BCUT2D eigenvalue weighted by atomic mass is 9.63. The quantitative estimate of drug-likeness (QED) is 0.192. The van der Waals surface area contributed by atoms with E-state index >= 15 is 0 Å². The van der Waals surface area contributed by atoms with Crippen LogP contribution in [0.2, 0.25) is 5.02 Å². The number of aromatic nitrogens is 2. The van der Waals surface area contributed by atoms with Crippen molar-refractivity contribution < 1.29 is 34.1 Å². The Balaban J connectivity index is 0.785. The maximum atomic E-state index is 13.6. The third-order valence-electron chi connectivity index (χ3n) is 14.1. The number of carbonyl (C=O) groups is 3.